The molecule has 11 heteroatoms. The number of nitrogens with one attached hydrogen (secondary N) is 1. The van der Waals surface area contributed by atoms with Crippen molar-refractivity contribution >= 4 is 11.9 Å². The highest BCUT2D eigenvalue weighted by molar-refractivity contribution is 5.80. The summed E-state index contributed by atoms with van der Waals surface area (Å²) in [5, 5.41) is 57.0. The molecule has 6 N–H and O–H groups in total. The van der Waals surface area contributed by atoms with Gasteiger partial charge in [0.25, 0.3) is 0 Å². The van der Waals surface area contributed by atoms with Crippen LogP contribution in [-0.2, 0) is 23.8 Å². The number of carbonyl (C=O) groups excluding carboxylic acids is 2. The minimum atomic E-state index is -1.62. The van der Waals surface area contributed by atoms with E-state index in [1.807, 2.05) is 6.08 Å². The largest absolute Gasteiger partial charge is 0.454 e. The Morgan fingerprint density at radius 2 is 0.900 bits per heavy atom. The van der Waals surface area contributed by atoms with Gasteiger partial charge in [-0.1, -0.05) is 279 Å². The molecule has 11 nitrogen and oxygen atoms in total. The molecule has 80 heavy (non-hydrogen) atoms. The summed E-state index contributed by atoms with van der Waals surface area (Å²) < 4.78 is 17.6. The molecule has 0 spiro atoms. The summed E-state index contributed by atoms with van der Waals surface area (Å²) in [6.07, 6.45) is 63.4. The van der Waals surface area contributed by atoms with Crippen molar-refractivity contribution in [2.45, 2.75) is 327 Å². The van der Waals surface area contributed by atoms with E-state index in [1.54, 1.807) is 6.08 Å². The second-order valence-electron chi connectivity index (χ2n) is 22.5. The van der Waals surface area contributed by atoms with Gasteiger partial charge in [-0.3, -0.25) is 9.59 Å². The monoisotopic (exact) mass is 1120 g/mol. The number of unbranched alkanes of at least 4 members (excludes halogenated alkanes) is 29. The third kappa shape index (κ3) is 43.5. The second-order valence-corrected chi connectivity index (χ2v) is 22.5. The third-order valence-electron chi connectivity index (χ3n) is 15.1. The molecule has 1 aliphatic rings. The van der Waals surface area contributed by atoms with E-state index < -0.39 is 67.4 Å². The van der Waals surface area contributed by atoms with Gasteiger partial charge in [-0.05, 0) is 77.0 Å². The van der Waals surface area contributed by atoms with Crippen LogP contribution in [0.2, 0.25) is 0 Å². The lowest BCUT2D eigenvalue weighted by Gasteiger charge is -2.41. The number of hydrogen-bond donors (Lipinski definition) is 6. The van der Waals surface area contributed by atoms with E-state index in [1.165, 1.54) is 122 Å². The highest BCUT2D eigenvalue weighted by atomic mass is 16.7. The Kier molecular flexibility index (Phi) is 52.7. The molecule has 0 saturated carbocycles. The van der Waals surface area contributed by atoms with Crippen LogP contribution in [0.5, 0.6) is 0 Å². The summed E-state index contributed by atoms with van der Waals surface area (Å²) in [5.41, 5.74) is 0. The Balaban J connectivity index is 2.58. The first-order valence-electron chi connectivity index (χ1n) is 32.9. The van der Waals surface area contributed by atoms with Gasteiger partial charge in [0.05, 0.1) is 25.4 Å². The van der Waals surface area contributed by atoms with Gasteiger partial charge in [-0.15, -0.1) is 0 Å². The number of carbonyl (C=O) groups is 2. The highest BCUT2D eigenvalue weighted by Gasteiger charge is 2.47. The predicted molar refractivity (Wildman–Crippen MR) is 333 cm³/mol. The lowest BCUT2D eigenvalue weighted by Crippen LogP contribution is -2.61. The molecule has 8 unspecified atom stereocenters. The van der Waals surface area contributed by atoms with Crippen molar-refractivity contribution in [3.8, 4) is 0 Å². The first kappa shape index (κ1) is 74.9. The summed E-state index contributed by atoms with van der Waals surface area (Å²) in [5.74, 6) is -1.20. The standard InChI is InChI=1S/C69H121NO10/c1-4-7-10-13-16-19-22-25-26-27-28-29-30-31-32-33-34-35-36-37-38-39-42-45-48-51-54-57-64(74)80-67-66(76)65(75)63(58-71)79-69(67)78-59-60(61(72)55-52-49-46-43-40-23-20-17-14-11-8-5-2)70-68(77)62(73)56-53-50-47-44-41-24-21-18-15-12-9-6-3/h7,10,16,19,25-26,28-29,31-32,34-35,52,55,60-63,65-67,69,71-73,75-76H,4-6,8-9,11-15,17-18,20-24,27,30,33,36-51,53-54,56-59H2,1-3H3,(H,70,77)/b10-7-,19-16-,26-25-,29-28-,32-31-,35-34-,55-52+. The summed E-state index contributed by atoms with van der Waals surface area (Å²) in [6, 6.07) is -1.03. The average Bonchev–Trinajstić information content (AvgIpc) is 3.46. The van der Waals surface area contributed by atoms with E-state index in [0.717, 1.165) is 109 Å². The Morgan fingerprint density at radius 1 is 0.500 bits per heavy atom. The van der Waals surface area contributed by atoms with Crippen molar-refractivity contribution in [1.29, 1.82) is 0 Å². The van der Waals surface area contributed by atoms with Crippen molar-refractivity contribution in [3.63, 3.8) is 0 Å². The van der Waals surface area contributed by atoms with Gasteiger partial charge in [0.15, 0.2) is 12.4 Å². The number of rotatable bonds is 55. The molecular formula is C69H121NO10. The van der Waals surface area contributed by atoms with Gasteiger partial charge in [-0.2, -0.15) is 0 Å². The van der Waals surface area contributed by atoms with E-state index >= 15 is 0 Å². The van der Waals surface area contributed by atoms with Gasteiger partial charge in [0, 0.05) is 6.42 Å². The molecule has 462 valence electrons. The number of amides is 1. The zero-order chi connectivity index (χ0) is 58.2. The minimum Gasteiger partial charge on any atom is -0.454 e. The first-order valence-corrected chi connectivity index (χ1v) is 32.9. The smallest absolute Gasteiger partial charge is 0.306 e. The third-order valence-corrected chi connectivity index (χ3v) is 15.1. The maximum Gasteiger partial charge on any atom is 0.306 e. The number of esters is 1. The fourth-order valence-electron chi connectivity index (χ4n) is 9.89. The van der Waals surface area contributed by atoms with Crippen LogP contribution in [0.15, 0.2) is 85.1 Å². The molecule has 0 aliphatic carbocycles. The Morgan fingerprint density at radius 3 is 1.35 bits per heavy atom. The second kappa shape index (κ2) is 56.3. The van der Waals surface area contributed by atoms with E-state index in [0.29, 0.717) is 19.3 Å². The Labute approximate surface area is 489 Å². The molecule has 0 aromatic carbocycles. The Hall–Kier alpha value is -3.16. The van der Waals surface area contributed by atoms with Gasteiger partial charge in [0.1, 0.15) is 24.4 Å². The van der Waals surface area contributed by atoms with Crippen LogP contribution in [0.4, 0.5) is 0 Å². The van der Waals surface area contributed by atoms with Crippen molar-refractivity contribution < 1.29 is 49.3 Å². The average molecular weight is 1120 g/mol. The van der Waals surface area contributed by atoms with Gasteiger partial charge < -0.3 is 45.1 Å². The molecule has 1 fully saturated rings. The van der Waals surface area contributed by atoms with Crippen molar-refractivity contribution in [2.24, 2.45) is 0 Å². The molecule has 0 radical (unpaired) electrons. The summed E-state index contributed by atoms with van der Waals surface area (Å²) >= 11 is 0. The molecule has 0 bridgehead atoms. The minimum absolute atomic E-state index is 0.111. The Bertz CT molecular complexity index is 1620. The van der Waals surface area contributed by atoms with Crippen LogP contribution in [0.3, 0.4) is 0 Å². The SMILES string of the molecule is CC/C=C\C/C=C\C/C=C\C/C=C\C/C=C\C/C=C\CCCCCCCCCCC(=O)OC1C(OCC(NC(=O)C(O)CCCCCCCCCCCCCC)C(O)/C=C/CCCCCCCCCCCC)OC(CO)C(O)C1O. The maximum absolute atomic E-state index is 13.4. The normalized spacial score (nSPS) is 19.3. The zero-order valence-corrected chi connectivity index (χ0v) is 51.2. The summed E-state index contributed by atoms with van der Waals surface area (Å²) in [4.78, 5) is 26.6. The summed E-state index contributed by atoms with van der Waals surface area (Å²) in [7, 11) is 0. The molecule has 1 heterocycles. The fraction of sp³-hybridized carbons (Fsp3) is 0.768. The topological polar surface area (TPSA) is 175 Å². The first-order chi connectivity index (χ1) is 39.2. The summed E-state index contributed by atoms with van der Waals surface area (Å²) in [6.45, 7) is 5.67. The number of hydrogen-bond acceptors (Lipinski definition) is 10. The van der Waals surface area contributed by atoms with Crippen molar-refractivity contribution in [2.75, 3.05) is 13.2 Å². The van der Waals surface area contributed by atoms with Crippen molar-refractivity contribution in [3.05, 3.63) is 85.1 Å². The van der Waals surface area contributed by atoms with Gasteiger partial charge in [-0.25, -0.2) is 0 Å². The maximum atomic E-state index is 13.4. The van der Waals surface area contributed by atoms with Crippen LogP contribution >= 0.6 is 0 Å². The van der Waals surface area contributed by atoms with Crippen LogP contribution in [0.25, 0.3) is 0 Å². The van der Waals surface area contributed by atoms with Gasteiger partial charge in [0.2, 0.25) is 5.91 Å². The highest BCUT2D eigenvalue weighted by Crippen LogP contribution is 2.26. The van der Waals surface area contributed by atoms with E-state index in [9.17, 15) is 35.1 Å². The van der Waals surface area contributed by atoms with E-state index in [2.05, 4.69) is 99.0 Å². The molecule has 1 aliphatic heterocycles. The van der Waals surface area contributed by atoms with Crippen LogP contribution in [0.1, 0.15) is 278 Å². The molecule has 1 saturated heterocycles. The molecule has 1 amide bonds. The number of ether oxygens (including phenoxy) is 3. The molecule has 8 atom stereocenters. The van der Waals surface area contributed by atoms with E-state index in [4.69, 9.17) is 14.2 Å². The van der Waals surface area contributed by atoms with E-state index in [-0.39, 0.29) is 13.0 Å². The molecular weight excluding hydrogens is 1000 g/mol. The fourth-order valence-corrected chi connectivity index (χ4v) is 9.89. The molecule has 0 aromatic heterocycles. The lowest BCUT2D eigenvalue weighted by atomic mass is 9.99. The van der Waals surface area contributed by atoms with Gasteiger partial charge >= 0.3 is 5.97 Å². The quantitative estimate of drug-likeness (QED) is 0.0195. The van der Waals surface area contributed by atoms with Crippen LogP contribution < -0.4 is 5.32 Å². The van der Waals surface area contributed by atoms with Crippen LogP contribution in [0, 0.1) is 0 Å². The molecule has 1 rings (SSSR count). The van der Waals surface area contributed by atoms with Crippen LogP contribution in [-0.4, -0.2) is 99.6 Å². The number of allylic oxidation sites excluding steroid dienone is 13. The molecule has 0 aromatic rings. The number of aliphatic hydroxyl groups is 5. The predicted octanol–water partition coefficient (Wildman–Crippen LogP) is 16.1. The number of aliphatic hydroxyl groups excluding tert-OH is 5. The lowest BCUT2D eigenvalue weighted by molar-refractivity contribution is -0.305. The zero-order valence-electron chi connectivity index (χ0n) is 51.2. The van der Waals surface area contributed by atoms with Crippen molar-refractivity contribution in [1.82, 2.24) is 5.32 Å².